The highest BCUT2D eigenvalue weighted by Crippen LogP contribution is 2.20. The maximum Gasteiger partial charge on any atom is 0.142 e. The Bertz CT molecular complexity index is 441. The van der Waals surface area contributed by atoms with Crippen molar-refractivity contribution >= 4 is 5.69 Å². The van der Waals surface area contributed by atoms with E-state index in [0.717, 1.165) is 6.54 Å². The molecule has 1 saturated heterocycles. The standard InChI is InChI=1S/C16H27N3O2/c1-18(10-13-6-5-9-19(13)2)11-14(20)12-21-16-8-4-3-7-15(16)17/h3-4,7-8,13-14,20H,5-6,9-12,17H2,1-2H3. The summed E-state index contributed by atoms with van der Waals surface area (Å²) in [5.74, 6) is 0.634. The van der Waals surface area contributed by atoms with Crippen LogP contribution in [0, 0.1) is 0 Å². The Kier molecular flexibility index (Phi) is 5.85. The molecule has 1 aliphatic rings. The molecule has 0 aliphatic carbocycles. The van der Waals surface area contributed by atoms with Crippen LogP contribution < -0.4 is 10.5 Å². The molecule has 21 heavy (non-hydrogen) atoms. The Morgan fingerprint density at radius 1 is 1.48 bits per heavy atom. The van der Waals surface area contributed by atoms with Crippen molar-refractivity contribution in [1.29, 1.82) is 0 Å². The van der Waals surface area contributed by atoms with Crippen LogP contribution in [0.1, 0.15) is 12.8 Å². The Morgan fingerprint density at radius 3 is 2.90 bits per heavy atom. The molecule has 1 heterocycles. The molecule has 0 saturated carbocycles. The number of likely N-dealkylation sites (N-methyl/N-ethyl adjacent to an activating group) is 2. The first-order chi connectivity index (χ1) is 10.1. The molecule has 0 aromatic heterocycles. The van der Waals surface area contributed by atoms with E-state index >= 15 is 0 Å². The van der Waals surface area contributed by atoms with Crippen LogP contribution in [-0.4, -0.2) is 67.4 Å². The second-order valence-electron chi connectivity index (χ2n) is 6.00. The molecule has 1 aliphatic heterocycles. The summed E-state index contributed by atoms with van der Waals surface area (Å²) in [7, 11) is 4.22. The summed E-state index contributed by atoms with van der Waals surface area (Å²) in [6.45, 7) is 3.04. The maximum atomic E-state index is 10.1. The molecule has 1 fully saturated rings. The quantitative estimate of drug-likeness (QED) is 0.735. The Labute approximate surface area is 127 Å². The van der Waals surface area contributed by atoms with Crippen molar-refractivity contribution < 1.29 is 9.84 Å². The number of nitrogen functional groups attached to an aromatic ring is 1. The van der Waals surface area contributed by atoms with Crippen LogP contribution in [0.5, 0.6) is 5.75 Å². The first kappa shape index (κ1) is 16.1. The zero-order valence-corrected chi connectivity index (χ0v) is 13.0. The van der Waals surface area contributed by atoms with Gasteiger partial charge in [0.05, 0.1) is 5.69 Å². The van der Waals surface area contributed by atoms with Crippen molar-refractivity contribution in [2.75, 3.05) is 46.1 Å². The van der Waals surface area contributed by atoms with Crippen LogP contribution in [0.15, 0.2) is 24.3 Å². The highest BCUT2D eigenvalue weighted by molar-refractivity contribution is 5.51. The molecule has 5 nitrogen and oxygen atoms in total. The fraction of sp³-hybridized carbons (Fsp3) is 0.625. The van der Waals surface area contributed by atoms with Gasteiger partial charge in [0.25, 0.3) is 0 Å². The van der Waals surface area contributed by atoms with E-state index in [4.69, 9.17) is 10.5 Å². The summed E-state index contributed by atoms with van der Waals surface area (Å²) in [5.41, 5.74) is 6.41. The number of hydrogen-bond acceptors (Lipinski definition) is 5. The fourth-order valence-corrected chi connectivity index (χ4v) is 2.85. The third-order valence-electron chi connectivity index (χ3n) is 4.07. The molecule has 2 unspecified atom stereocenters. The third kappa shape index (κ3) is 4.88. The van der Waals surface area contributed by atoms with Crippen LogP contribution in [0.4, 0.5) is 5.69 Å². The highest BCUT2D eigenvalue weighted by atomic mass is 16.5. The van der Waals surface area contributed by atoms with Gasteiger partial charge in [-0.1, -0.05) is 12.1 Å². The normalized spacial score (nSPS) is 20.9. The number of nitrogens with zero attached hydrogens (tertiary/aromatic N) is 2. The van der Waals surface area contributed by atoms with Gasteiger partial charge >= 0.3 is 0 Å². The minimum atomic E-state index is -0.513. The Morgan fingerprint density at radius 2 is 2.24 bits per heavy atom. The van der Waals surface area contributed by atoms with Crippen molar-refractivity contribution in [1.82, 2.24) is 9.80 Å². The topological polar surface area (TPSA) is 62.0 Å². The molecule has 0 spiro atoms. The summed E-state index contributed by atoms with van der Waals surface area (Å²) in [6.07, 6.45) is 2.00. The number of anilines is 1. The van der Waals surface area contributed by atoms with Crippen LogP contribution in [0.2, 0.25) is 0 Å². The predicted octanol–water partition coefficient (Wildman–Crippen LogP) is 1.03. The largest absolute Gasteiger partial charge is 0.489 e. The van der Waals surface area contributed by atoms with Crippen molar-refractivity contribution in [3.05, 3.63) is 24.3 Å². The van der Waals surface area contributed by atoms with Gasteiger partial charge in [-0.15, -0.1) is 0 Å². The second kappa shape index (κ2) is 7.64. The smallest absolute Gasteiger partial charge is 0.142 e. The van der Waals surface area contributed by atoms with Gasteiger partial charge in [-0.25, -0.2) is 0 Å². The van der Waals surface area contributed by atoms with E-state index in [-0.39, 0.29) is 6.61 Å². The minimum absolute atomic E-state index is 0.263. The molecule has 2 rings (SSSR count). The van der Waals surface area contributed by atoms with E-state index in [1.54, 1.807) is 6.07 Å². The van der Waals surface area contributed by atoms with Gasteiger partial charge in [-0.05, 0) is 45.6 Å². The zero-order chi connectivity index (χ0) is 15.2. The van der Waals surface area contributed by atoms with E-state index in [0.29, 0.717) is 24.0 Å². The van der Waals surface area contributed by atoms with Crippen LogP contribution in [0.3, 0.4) is 0 Å². The molecule has 2 atom stereocenters. The predicted molar refractivity (Wildman–Crippen MR) is 85.5 cm³/mol. The summed E-state index contributed by atoms with van der Waals surface area (Å²) in [4.78, 5) is 4.57. The number of aliphatic hydroxyl groups excluding tert-OH is 1. The molecule has 1 aromatic rings. The lowest BCUT2D eigenvalue weighted by molar-refractivity contribution is 0.0700. The molecule has 5 heteroatoms. The number of benzene rings is 1. The van der Waals surface area contributed by atoms with E-state index in [2.05, 4.69) is 16.8 Å². The van der Waals surface area contributed by atoms with E-state index < -0.39 is 6.10 Å². The number of ether oxygens (including phenoxy) is 1. The second-order valence-corrected chi connectivity index (χ2v) is 6.00. The van der Waals surface area contributed by atoms with Gasteiger partial charge in [-0.3, -0.25) is 0 Å². The number of aliphatic hydroxyl groups is 1. The third-order valence-corrected chi connectivity index (χ3v) is 4.07. The summed E-state index contributed by atoms with van der Waals surface area (Å²) < 4.78 is 5.58. The van der Waals surface area contributed by atoms with Gasteiger partial charge in [0.1, 0.15) is 18.5 Å². The number of para-hydroxylation sites is 2. The van der Waals surface area contributed by atoms with Crippen LogP contribution >= 0.6 is 0 Å². The van der Waals surface area contributed by atoms with E-state index in [1.807, 2.05) is 25.2 Å². The monoisotopic (exact) mass is 293 g/mol. The highest BCUT2D eigenvalue weighted by Gasteiger charge is 2.22. The first-order valence-corrected chi connectivity index (χ1v) is 7.60. The van der Waals surface area contributed by atoms with Crippen LogP contribution in [0.25, 0.3) is 0 Å². The first-order valence-electron chi connectivity index (χ1n) is 7.60. The van der Waals surface area contributed by atoms with Crippen molar-refractivity contribution in [2.24, 2.45) is 0 Å². The van der Waals surface area contributed by atoms with Gasteiger partial charge in [0, 0.05) is 19.1 Å². The lowest BCUT2D eigenvalue weighted by atomic mass is 10.2. The number of rotatable bonds is 7. The SMILES string of the molecule is CN(CC(O)COc1ccccc1N)CC1CCCN1C. The maximum absolute atomic E-state index is 10.1. The van der Waals surface area contributed by atoms with Gasteiger partial charge < -0.3 is 25.4 Å². The Hall–Kier alpha value is -1.30. The van der Waals surface area contributed by atoms with E-state index in [1.165, 1.54) is 19.4 Å². The molecular weight excluding hydrogens is 266 g/mol. The fourth-order valence-electron chi connectivity index (χ4n) is 2.85. The summed E-state index contributed by atoms with van der Waals surface area (Å²) >= 11 is 0. The van der Waals surface area contributed by atoms with Crippen LogP contribution in [-0.2, 0) is 0 Å². The number of hydrogen-bond donors (Lipinski definition) is 2. The lowest BCUT2D eigenvalue weighted by Crippen LogP contribution is -2.41. The minimum Gasteiger partial charge on any atom is -0.489 e. The molecule has 3 N–H and O–H groups in total. The molecule has 0 radical (unpaired) electrons. The van der Waals surface area contributed by atoms with E-state index in [9.17, 15) is 5.11 Å². The number of likely N-dealkylation sites (tertiary alicyclic amines) is 1. The van der Waals surface area contributed by atoms with Gasteiger partial charge in [-0.2, -0.15) is 0 Å². The molecular formula is C16H27N3O2. The zero-order valence-electron chi connectivity index (χ0n) is 13.0. The number of nitrogens with two attached hydrogens (primary N) is 1. The lowest BCUT2D eigenvalue weighted by Gasteiger charge is -2.27. The van der Waals surface area contributed by atoms with Gasteiger partial charge in [0.15, 0.2) is 0 Å². The van der Waals surface area contributed by atoms with Crippen molar-refractivity contribution in [3.63, 3.8) is 0 Å². The van der Waals surface area contributed by atoms with Crippen molar-refractivity contribution in [2.45, 2.75) is 25.0 Å². The summed E-state index contributed by atoms with van der Waals surface area (Å²) in [5, 5.41) is 10.1. The molecule has 1 aromatic carbocycles. The average Bonchev–Trinajstić information content (AvgIpc) is 2.83. The van der Waals surface area contributed by atoms with Gasteiger partial charge in [0.2, 0.25) is 0 Å². The molecule has 0 amide bonds. The van der Waals surface area contributed by atoms with Crippen molar-refractivity contribution in [3.8, 4) is 5.75 Å². The average molecular weight is 293 g/mol. The Balaban J connectivity index is 1.71. The molecule has 118 valence electrons. The molecule has 0 bridgehead atoms. The summed E-state index contributed by atoms with van der Waals surface area (Å²) in [6, 6.07) is 7.96.